The Morgan fingerprint density at radius 3 is 2.48 bits per heavy atom. The zero-order valence-corrected chi connectivity index (χ0v) is 15.6. The van der Waals surface area contributed by atoms with Crippen LogP contribution < -0.4 is 16.4 Å². The van der Waals surface area contributed by atoms with Crippen LogP contribution in [0.3, 0.4) is 0 Å². The summed E-state index contributed by atoms with van der Waals surface area (Å²) in [4.78, 5) is 40.8. The molecule has 2 aromatic heterocycles. The summed E-state index contributed by atoms with van der Waals surface area (Å²) in [6, 6.07) is 5.31. The molecule has 0 radical (unpaired) electrons. The first-order valence-electron chi connectivity index (χ1n) is 8.04. The van der Waals surface area contributed by atoms with E-state index in [1.807, 2.05) is 0 Å². The Bertz CT molecular complexity index is 1090. The monoisotopic (exact) mass is 419 g/mol. The van der Waals surface area contributed by atoms with Crippen molar-refractivity contribution in [1.29, 1.82) is 0 Å². The van der Waals surface area contributed by atoms with Gasteiger partial charge < -0.3 is 26.0 Å². The van der Waals surface area contributed by atoms with Gasteiger partial charge in [-0.25, -0.2) is 14.2 Å². The number of thiazole rings is 1. The number of carbonyl (C=O) groups is 3. The molecule has 3 aromatic rings. The van der Waals surface area contributed by atoms with Crippen LogP contribution in [0.25, 0.3) is 0 Å². The Balaban J connectivity index is 2.02. The average Bonchev–Trinajstić information content (AvgIpc) is 3.30. The van der Waals surface area contributed by atoms with Crippen molar-refractivity contribution in [2.45, 2.75) is 13.0 Å². The molecule has 1 atom stereocenters. The summed E-state index contributed by atoms with van der Waals surface area (Å²) in [5, 5.41) is 12.3. The maximum absolute atomic E-state index is 13.3. The van der Waals surface area contributed by atoms with Gasteiger partial charge in [0.2, 0.25) is 17.5 Å². The van der Waals surface area contributed by atoms with Gasteiger partial charge in [-0.3, -0.25) is 9.59 Å². The molecule has 2 heterocycles. The lowest BCUT2D eigenvalue weighted by molar-refractivity contribution is -0.118. The van der Waals surface area contributed by atoms with Crippen LogP contribution >= 0.6 is 11.3 Å². The van der Waals surface area contributed by atoms with Crippen molar-refractivity contribution < 1.29 is 28.4 Å². The second-order valence-electron chi connectivity index (χ2n) is 5.85. The van der Waals surface area contributed by atoms with Crippen LogP contribution in [0.1, 0.15) is 32.8 Å². The molecule has 1 amide bonds. The molecule has 0 aliphatic rings. The first-order chi connectivity index (χ1) is 13.7. The van der Waals surface area contributed by atoms with Crippen molar-refractivity contribution in [1.82, 2.24) is 10.1 Å². The fraction of sp³-hybridized carbons (Fsp3) is 0.118. The van der Waals surface area contributed by atoms with E-state index in [1.54, 1.807) is 0 Å². The Kier molecular flexibility index (Phi) is 5.28. The first kappa shape index (κ1) is 19.9. The molecule has 0 aliphatic carbocycles. The summed E-state index contributed by atoms with van der Waals surface area (Å²) in [5.74, 6) is -3.74. The van der Waals surface area contributed by atoms with E-state index in [1.165, 1.54) is 36.1 Å². The molecule has 0 aliphatic heterocycles. The van der Waals surface area contributed by atoms with Gasteiger partial charge in [0, 0.05) is 11.8 Å². The number of carboxylic acids is 1. The fourth-order valence-corrected chi connectivity index (χ4v) is 3.44. The maximum Gasteiger partial charge on any atom is 0.358 e. The van der Waals surface area contributed by atoms with E-state index in [9.17, 15) is 18.8 Å². The van der Waals surface area contributed by atoms with Gasteiger partial charge in [0.15, 0.2) is 10.8 Å². The van der Waals surface area contributed by atoms with E-state index in [0.29, 0.717) is 5.69 Å². The zero-order valence-electron chi connectivity index (χ0n) is 14.8. The highest BCUT2D eigenvalue weighted by molar-refractivity contribution is 7.18. The van der Waals surface area contributed by atoms with Crippen LogP contribution in [0.4, 0.5) is 21.0 Å². The number of halogens is 1. The van der Waals surface area contributed by atoms with Crippen LogP contribution in [0.15, 0.2) is 34.9 Å². The number of aromatic nitrogens is 2. The highest BCUT2D eigenvalue weighted by Crippen LogP contribution is 2.36. The van der Waals surface area contributed by atoms with Crippen molar-refractivity contribution in [3.05, 3.63) is 52.5 Å². The number of anilines is 3. The topological polar surface area (TPSA) is 166 Å². The molecule has 0 bridgehead atoms. The van der Waals surface area contributed by atoms with E-state index < -0.39 is 35.2 Å². The lowest BCUT2D eigenvalue weighted by Crippen LogP contribution is -2.39. The van der Waals surface area contributed by atoms with Crippen LogP contribution in [0, 0.1) is 5.82 Å². The number of rotatable bonds is 7. The molecule has 1 aromatic carbocycles. The summed E-state index contributed by atoms with van der Waals surface area (Å²) < 4.78 is 18.1. The van der Waals surface area contributed by atoms with Gasteiger partial charge >= 0.3 is 5.97 Å². The van der Waals surface area contributed by atoms with Crippen molar-refractivity contribution in [2.24, 2.45) is 5.73 Å². The lowest BCUT2D eigenvalue weighted by atomic mass is 10.2. The number of carboxylic acid groups (broad SMARTS) is 1. The molecule has 0 unspecified atom stereocenters. The predicted molar refractivity (Wildman–Crippen MR) is 101 cm³/mol. The second-order valence-corrected chi connectivity index (χ2v) is 6.82. The zero-order chi connectivity index (χ0) is 21.3. The maximum atomic E-state index is 13.3. The summed E-state index contributed by atoms with van der Waals surface area (Å²) >= 11 is 0.837. The fourth-order valence-electron chi connectivity index (χ4n) is 2.41. The normalized spacial score (nSPS) is 11.8. The molecule has 5 N–H and O–H groups in total. The van der Waals surface area contributed by atoms with Gasteiger partial charge in [0.1, 0.15) is 22.6 Å². The molecule has 0 saturated carbocycles. The van der Waals surface area contributed by atoms with Crippen molar-refractivity contribution in [2.75, 3.05) is 10.6 Å². The minimum absolute atomic E-state index is 0.0446. The summed E-state index contributed by atoms with van der Waals surface area (Å²) in [5.41, 5.74) is 11.2. The summed E-state index contributed by atoms with van der Waals surface area (Å²) in [6.07, 6.45) is 0. The van der Waals surface area contributed by atoms with E-state index in [2.05, 4.69) is 10.1 Å². The van der Waals surface area contributed by atoms with Gasteiger partial charge in [0.25, 0.3) is 0 Å². The number of ketones is 1. The van der Waals surface area contributed by atoms with E-state index in [4.69, 9.17) is 21.1 Å². The highest BCUT2D eigenvalue weighted by atomic mass is 32.1. The third-order valence-electron chi connectivity index (χ3n) is 3.91. The van der Waals surface area contributed by atoms with Gasteiger partial charge in [-0.15, -0.1) is 0 Å². The minimum Gasteiger partial charge on any atom is -0.476 e. The number of nitrogens with zero attached hydrogens (tertiary/aromatic N) is 3. The molecule has 12 heteroatoms. The van der Waals surface area contributed by atoms with Gasteiger partial charge in [-0.2, -0.15) is 0 Å². The Labute approximate surface area is 166 Å². The number of hydrogen-bond donors (Lipinski definition) is 3. The third kappa shape index (κ3) is 3.91. The van der Waals surface area contributed by atoms with Crippen molar-refractivity contribution in [3.63, 3.8) is 0 Å². The second kappa shape index (κ2) is 7.67. The van der Waals surface area contributed by atoms with Crippen LogP contribution in [-0.4, -0.2) is 38.9 Å². The summed E-state index contributed by atoms with van der Waals surface area (Å²) in [6.45, 7) is 1.51. The minimum atomic E-state index is -1.36. The number of hydrogen-bond acceptors (Lipinski definition) is 9. The SMILES string of the molecule is C[C@H](C(N)=O)N(c1ccc(F)cc1)c1nc(N)c(C(=O)c2cc(C(=O)O)no2)s1. The smallest absolute Gasteiger partial charge is 0.358 e. The van der Waals surface area contributed by atoms with E-state index >= 15 is 0 Å². The standard InChI is InChI=1S/C17H14FN5O5S/c1-7(15(20)25)23(9-4-2-8(18)3-5-9)17-21-14(19)13(29-17)12(24)11-6-10(16(26)27)22-28-11/h2-7H,19H2,1H3,(H2,20,25)(H,26,27)/t7-/m1/s1. The quantitative estimate of drug-likeness (QED) is 0.484. The average molecular weight is 419 g/mol. The molecule has 150 valence electrons. The molecular formula is C17H14FN5O5S. The number of primary amides is 1. The van der Waals surface area contributed by atoms with Gasteiger partial charge in [-0.1, -0.05) is 16.5 Å². The third-order valence-corrected chi connectivity index (χ3v) is 4.98. The van der Waals surface area contributed by atoms with Crippen molar-refractivity contribution >= 4 is 45.6 Å². The van der Waals surface area contributed by atoms with Gasteiger partial charge in [-0.05, 0) is 31.2 Å². The van der Waals surface area contributed by atoms with Crippen LogP contribution in [0.5, 0.6) is 0 Å². The first-order valence-corrected chi connectivity index (χ1v) is 8.85. The van der Waals surface area contributed by atoms with Crippen LogP contribution in [-0.2, 0) is 4.79 Å². The number of carbonyl (C=O) groups excluding carboxylic acids is 2. The number of aromatic carboxylic acids is 1. The molecular weight excluding hydrogens is 405 g/mol. The number of amides is 1. The van der Waals surface area contributed by atoms with E-state index in [0.717, 1.165) is 17.4 Å². The number of nitrogens with two attached hydrogens (primary N) is 2. The molecule has 29 heavy (non-hydrogen) atoms. The Morgan fingerprint density at radius 1 is 1.28 bits per heavy atom. The Morgan fingerprint density at radius 2 is 1.93 bits per heavy atom. The highest BCUT2D eigenvalue weighted by Gasteiger charge is 2.29. The predicted octanol–water partition coefficient (Wildman–Crippen LogP) is 1.79. The van der Waals surface area contributed by atoms with Crippen molar-refractivity contribution in [3.8, 4) is 0 Å². The lowest BCUT2D eigenvalue weighted by Gasteiger charge is -2.26. The Hall–Kier alpha value is -3.80. The van der Waals surface area contributed by atoms with Gasteiger partial charge in [0.05, 0.1) is 0 Å². The number of nitrogen functional groups attached to an aromatic ring is 1. The summed E-state index contributed by atoms with van der Waals surface area (Å²) in [7, 11) is 0. The number of benzene rings is 1. The molecule has 0 saturated heterocycles. The molecule has 10 nitrogen and oxygen atoms in total. The van der Waals surface area contributed by atoms with E-state index in [-0.39, 0.29) is 21.6 Å². The largest absolute Gasteiger partial charge is 0.476 e. The van der Waals surface area contributed by atoms with Crippen LogP contribution in [0.2, 0.25) is 0 Å². The molecule has 0 fully saturated rings. The molecule has 3 rings (SSSR count). The molecule has 0 spiro atoms.